The van der Waals surface area contributed by atoms with Crippen LogP contribution < -0.4 is 5.32 Å². The highest BCUT2D eigenvalue weighted by atomic mass is 35.5. The van der Waals surface area contributed by atoms with Crippen LogP contribution in [0.4, 0.5) is 0 Å². The predicted molar refractivity (Wildman–Crippen MR) is 81.0 cm³/mol. The smallest absolute Gasteiger partial charge is 0.245 e. The third kappa shape index (κ3) is 3.42. The summed E-state index contributed by atoms with van der Waals surface area (Å²) in [6.07, 6.45) is 4.47. The average molecular weight is 305 g/mol. The van der Waals surface area contributed by atoms with E-state index in [-0.39, 0.29) is 5.91 Å². The molecule has 0 aliphatic heterocycles. The van der Waals surface area contributed by atoms with Crippen molar-refractivity contribution < 1.29 is 4.79 Å². The lowest BCUT2D eigenvalue weighted by Crippen LogP contribution is -2.34. The molecule has 21 heavy (non-hydrogen) atoms. The number of alkyl halides is 1. The second-order valence-electron chi connectivity index (χ2n) is 5.23. The van der Waals surface area contributed by atoms with Crippen LogP contribution in [0.3, 0.4) is 0 Å². The van der Waals surface area contributed by atoms with Crippen LogP contribution in [0.5, 0.6) is 0 Å². The molecule has 1 saturated carbocycles. The zero-order valence-electron chi connectivity index (χ0n) is 11.6. The van der Waals surface area contributed by atoms with Crippen molar-refractivity contribution >= 4 is 17.5 Å². The number of aromatic nitrogens is 3. The van der Waals surface area contributed by atoms with E-state index in [1.807, 2.05) is 30.3 Å². The standard InChI is InChI=1S/C15H17ClN4O/c16-9-8-14(15(21)17-12-6-7-12)20-10-13(18-19-20)11-4-2-1-3-5-11/h1-5,10,12,14H,6-9H2,(H,17,21). The van der Waals surface area contributed by atoms with Crippen molar-refractivity contribution in [2.75, 3.05) is 5.88 Å². The number of rotatable bonds is 6. The van der Waals surface area contributed by atoms with Gasteiger partial charge in [0.05, 0.1) is 6.20 Å². The summed E-state index contributed by atoms with van der Waals surface area (Å²) in [6, 6.07) is 9.72. The summed E-state index contributed by atoms with van der Waals surface area (Å²) in [5.74, 6) is 0.381. The van der Waals surface area contributed by atoms with Gasteiger partial charge in [0.2, 0.25) is 5.91 Å². The largest absolute Gasteiger partial charge is 0.352 e. The van der Waals surface area contributed by atoms with Crippen LogP contribution in [-0.4, -0.2) is 32.8 Å². The minimum Gasteiger partial charge on any atom is -0.352 e. The third-order valence-corrected chi connectivity index (χ3v) is 3.73. The summed E-state index contributed by atoms with van der Waals surface area (Å²) in [5.41, 5.74) is 1.74. The Morgan fingerprint density at radius 1 is 1.38 bits per heavy atom. The van der Waals surface area contributed by atoms with E-state index in [2.05, 4.69) is 15.6 Å². The molecule has 1 aliphatic carbocycles. The Labute approximate surface area is 128 Å². The molecule has 1 unspecified atom stereocenters. The minimum absolute atomic E-state index is 0.0253. The monoisotopic (exact) mass is 304 g/mol. The van der Waals surface area contributed by atoms with Gasteiger partial charge in [0.25, 0.3) is 0 Å². The van der Waals surface area contributed by atoms with Gasteiger partial charge in [-0.05, 0) is 19.3 Å². The quantitative estimate of drug-likeness (QED) is 0.834. The fourth-order valence-corrected chi connectivity index (χ4v) is 2.39. The maximum absolute atomic E-state index is 12.3. The molecule has 0 bridgehead atoms. The molecule has 1 N–H and O–H groups in total. The zero-order valence-corrected chi connectivity index (χ0v) is 12.3. The van der Waals surface area contributed by atoms with Crippen LogP contribution in [0.15, 0.2) is 36.5 Å². The predicted octanol–water partition coefficient (Wildman–Crippen LogP) is 2.39. The van der Waals surface area contributed by atoms with E-state index in [1.54, 1.807) is 10.9 Å². The number of hydrogen-bond donors (Lipinski definition) is 1. The molecule has 1 atom stereocenters. The zero-order chi connectivity index (χ0) is 14.7. The third-order valence-electron chi connectivity index (χ3n) is 3.51. The molecule has 6 heteroatoms. The van der Waals surface area contributed by atoms with Gasteiger partial charge in [-0.25, -0.2) is 4.68 Å². The van der Waals surface area contributed by atoms with Crippen molar-refractivity contribution in [2.24, 2.45) is 0 Å². The lowest BCUT2D eigenvalue weighted by Gasteiger charge is -2.15. The lowest BCUT2D eigenvalue weighted by atomic mass is 10.1. The van der Waals surface area contributed by atoms with Gasteiger partial charge in [0, 0.05) is 17.5 Å². The molecular weight excluding hydrogens is 288 g/mol. The number of amides is 1. The Balaban J connectivity index is 1.79. The molecule has 5 nitrogen and oxygen atoms in total. The van der Waals surface area contributed by atoms with Gasteiger partial charge >= 0.3 is 0 Å². The highest BCUT2D eigenvalue weighted by molar-refractivity contribution is 6.18. The molecule has 0 radical (unpaired) electrons. The Morgan fingerprint density at radius 3 is 2.81 bits per heavy atom. The van der Waals surface area contributed by atoms with Crippen LogP contribution in [0.1, 0.15) is 25.3 Å². The summed E-state index contributed by atoms with van der Waals surface area (Å²) < 4.78 is 1.61. The molecule has 2 aromatic rings. The maximum Gasteiger partial charge on any atom is 0.245 e. The summed E-state index contributed by atoms with van der Waals surface area (Å²) in [5, 5.41) is 11.3. The van der Waals surface area contributed by atoms with Crippen molar-refractivity contribution in [2.45, 2.75) is 31.3 Å². The average Bonchev–Trinajstić information content (AvgIpc) is 3.18. The van der Waals surface area contributed by atoms with Gasteiger partial charge in [0.15, 0.2) is 0 Å². The number of carbonyl (C=O) groups is 1. The minimum atomic E-state index is -0.395. The van der Waals surface area contributed by atoms with Crippen LogP contribution in [0, 0.1) is 0 Å². The van der Waals surface area contributed by atoms with E-state index in [9.17, 15) is 4.79 Å². The number of benzene rings is 1. The molecule has 110 valence electrons. The molecule has 1 aliphatic rings. The van der Waals surface area contributed by atoms with Crippen LogP contribution in [0.2, 0.25) is 0 Å². The molecule has 1 aromatic heterocycles. The first-order valence-electron chi connectivity index (χ1n) is 7.11. The Morgan fingerprint density at radius 2 is 2.14 bits per heavy atom. The summed E-state index contributed by atoms with van der Waals surface area (Å²) >= 11 is 5.82. The van der Waals surface area contributed by atoms with E-state index < -0.39 is 6.04 Å². The Hall–Kier alpha value is -1.88. The van der Waals surface area contributed by atoms with Gasteiger partial charge < -0.3 is 5.32 Å². The van der Waals surface area contributed by atoms with Gasteiger partial charge in [-0.2, -0.15) is 0 Å². The first-order valence-corrected chi connectivity index (χ1v) is 7.65. The van der Waals surface area contributed by atoms with Gasteiger partial charge in [-0.15, -0.1) is 16.7 Å². The molecular formula is C15H17ClN4O. The molecule has 3 rings (SSSR count). The number of hydrogen-bond acceptors (Lipinski definition) is 3. The second-order valence-corrected chi connectivity index (χ2v) is 5.60. The topological polar surface area (TPSA) is 59.8 Å². The normalized spacial score (nSPS) is 15.7. The number of carbonyl (C=O) groups excluding carboxylic acids is 1. The summed E-state index contributed by atoms with van der Waals surface area (Å²) in [4.78, 5) is 12.3. The SMILES string of the molecule is O=C(NC1CC1)C(CCCl)n1cc(-c2ccccc2)nn1. The van der Waals surface area contributed by atoms with Gasteiger partial charge in [-0.3, -0.25) is 4.79 Å². The van der Waals surface area contributed by atoms with Crippen molar-refractivity contribution in [1.29, 1.82) is 0 Å². The van der Waals surface area contributed by atoms with Crippen LogP contribution >= 0.6 is 11.6 Å². The number of nitrogens with one attached hydrogen (secondary N) is 1. The molecule has 1 aromatic carbocycles. The van der Waals surface area contributed by atoms with Crippen molar-refractivity contribution in [3.63, 3.8) is 0 Å². The summed E-state index contributed by atoms with van der Waals surface area (Å²) in [6.45, 7) is 0. The molecule has 1 heterocycles. The van der Waals surface area contributed by atoms with Crippen molar-refractivity contribution in [1.82, 2.24) is 20.3 Å². The van der Waals surface area contributed by atoms with E-state index in [4.69, 9.17) is 11.6 Å². The van der Waals surface area contributed by atoms with Crippen LogP contribution in [-0.2, 0) is 4.79 Å². The molecule has 1 amide bonds. The fourth-order valence-electron chi connectivity index (χ4n) is 2.18. The number of halogens is 1. The van der Waals surface area contributed by atoms with Crippen LogP contribution in [0.25, 0.3) is 11.3 Å². The van der Waals surface area contributed by atoms with E-state index >= 15 is 0 Å². The van der Waals surface area contributed by atoms with E-state index in [0.717, 1.165) is 24.1 Å². The highest BCUT2D eigenvalue weighted by Crippen LogP contribution is 2.22. The molecule has 1 fully saturated rings. The fraction of sp³-hybridized carbons (Fsp3) is 0.400. The van der Waals surface area contributed by atoms with Gasteiger partial charge in [-0.1, -0.05) is 35.5 Å². The van der Waals surface area contributed by atoms with Crippen molar-refractivity contribution in [3.05, 3.63) is 36.5 Å². The van der Waals surface area contributed by atoms with E-state index in [0.29, 0.717) is 18.3 Å². The maximum atomic E-state index is 12.3. The van der Waals surface area contributed by atoms with Gasteiger partial charge in [0.1, 0.15) is 11.7 Å². The number of nitrogens with zero attached hydrogens (tertiary/aromatic N) is 3. The lowest BCUT2D eigenvalue weighted by molar-refractivity contribution is -0.124. The molecule has 0 saturated heterocycles. The van der Waals surface area contributed by atoms with Crippen molar-refractivity contribution in [3.8, 4) is 11.3 Å². The summed E-state index contributed by atoms with van der Waals surface area (Å²) in [7, 11) is 0. The second kappa shape index (κ2) is 6.26. The Bertz CT molecular complexity index is 609. The Kier molecular flexibility index (Phi) is 4.20. The van der Waals surface area contributed by atoms with E-state index in [1.165, 1.54) is 0 Å². The first-order chi connectivity index (χ1) is 10.3. The first kappa shape index (κ1) is 14.1. The molecule has 0 spiro atoms. The highest BCUT2D eigenvalue weighted by Gasteiger charge is 2.28.